The maximum absolute atomic E-state index is 13.6. The van der Waals surface area contributed by atoms with Crippen molar-refractivity contribution >= 4 is 17.8 Å². The lowest BCUT2D eigenvalue weighted by atomic mass is 10.0. The maximum Gasteiger partial charge on any atom is 0.229 e. The molecule has 1 heterocycles. The summed E-state index contributed by atoms with van der Waals surface area (Å²) in [5.74, 6) is -1.78. The third-order valence-corrected chi connectivity index (χ3v) is 6.45. The molecule has 2 atom stereocenters. The first-order valence-corrected chi connectivity index (χ1v) is 13.4. The van der Waals surface area contributed by atoms with E-state index in [1.54, 1.807) is 6.07 Å². The molecule has 0 unspecified atom stereocenters. The number of amides is 2. The van der Waals surface area contributed by atoms with E-state index in [-0.39, 0.29) is 56.5 Å². The molecule has 0 saturated heterocycles. The summed E-state index contributed by atoms with van der Waals surface area (Å²) in [5, 5.41) is 13.5. The van der Waals surface area contributed by atoms with Crippen molar-refractivity contribution < 1.29 is 23.5 Å². The number of aliphatic hydroxyl groups is 1. The SMILES string of the molecule is CCc1cccc(CN(C[C@@H](O)[C@@H](N)Cc2cc(F)cc(F)c2)C(=O)CCCC(=O)Nc2nc(C)cc(C)n2)c1. The number of benzene rings is 2. The first-order valence-electron chi connectivity index (χ1n) is 13.4. The van der Waals surface area contributed by atoms with Gasteiger partial charge in [-0.3, -0.25) is 14.9 Å². The Hall–Kier alpha value is -3.76. The number of rotatable bonds is 13. The molecule has 3 rings (SSSR count). The third kappa shape index (κ3) is 9.77. The maximum atomic E-state index is 13.6. The van der Waals surface area contributed by atoms with Gasteiger partial charge in [-0.15, -0.1) is 0 Å². The van der Waals surface area contributed by atoms with Gasteiger partial charge in [-0.25, -0.2) is 18.7 Å². The number of aryl methyl sites for hydroxylation is 3. The largest absolute Gasteiger partial charge is 0.390 e. The van der Waals surface area contributed by atoms with Crippen LogP contribution in [0, 0.1) is 25.5 Å². The summed E-state index contributed by atoms with van der Waals surface area (Å²) in [6.45, 7) is 5.83. The normalized spacial score (nSPS) is 12.6. The predicted octanol–water partition coefficient (Wildman–Crippen LogP) is 4.00. The minimum Gasteiger partial charge on any atom is -0.390 e. The highest BCUT2D eigenvalue weighted by Crippen LogP contribution is 2.15. The summed E-state index contributed by atoms with van der Waals surface area (Å²) in [4.78, 5) is 35.6. The van der Waals surface area contributed by atoms with E-state index in [0.717, 1.165) is 35.0 Å². The standard InChI is InChI=1S/C30H37F2N5O3/c1-4-21-7-5-8-22(12-21)17-37(18-27(38)26(33)15-23-13-24(31)16-25(32)14-23)29(40)10-6-9-28(39)36-30-34-19(2)11-20(3)35-30/h5,7-8,11-14,16,26-27,38H,4,6,9-10,15,17-18,33H2,1-3H3,(H,34,35,36,39)/t26-,27+/m0/s1. The number of nitrogens with two attached hydrogens (primary N) is 1. The number of aromatic nitrogens is 2. The monoisotopic (exact) mass is 553 g/mol. The smallest absolute Gasteiger partial charge is 0.229 e. The molecule has 8 nitrogen and oxygen atoms in total. The van der Waals surface area contributed by atoms with Crippen LogP contribution >= 0.6 is 0 Å². The minimum atomic E-state index is -1.14. The molecule has 10 heteroatoms. The quantitative estimate of drug-likeness (QED) is 0.294. The van der Waals surface area contributed by atoms with Gasteiger partial charge in [0, 0.05) is 49.4 Å². The molecule has 0 saturated carbocycles. The van der Waals surface area contributed by atoms with E-state index >= 15 is 0 Å². The van der Waals surface area contributed by atoms with Gasteiger partial charge in [0.05, 0.1) is 6.10 Å². The van der Waals surface area contributed by atoms with E-state index in [1.165, 1.54) is 17.0 Å². The summed E-state index contributed by atoms with van der Waals surface area (Å²) in [5.41, 5.74) is 9.97. The Labute approximate surface area is 233 Å². The molecule has 0 bridgehead atoms. The molecule has 0 aliphatic rings. The van der Waals surface area contributed by atoms with Crippen LogP contribution in [0.25, 0.3) is 0 Å². The molecular formula is C30H37F2N5O3. The molecule has 0 radical (unpaired) electrons. The van der Waals surface area contributed by atoms with Crippen LogP contribution in [-0.4, -0.2) is 50.5 Å². The molecule has 0 fully saturated rings. The lowest BCUT2D eigenvalue weighted by Crippen LogP contribution is -2.46. The molecular weight excluding hydrogens is 516 g/mol. The van der Waals surface area contributed by atoms with Crippen LogP contribution in [0.2, 0.25) is 0 Å². The molecule has 2 aromatic carbocycles. The lowest BCUT2D eigenvalue weighted by molar-refractivity contribution is -0.133. The van der Waals surface area contributed by atoms with Crippen molar-refractivity contribution in [2.24, 2.45) is 5.73 Å². The van der Waals surface area contributed by atoms with E-state index in [0.29, 0.717) is 5.56 Å². The molecule has 214 valence electrons. The molecule has 1 aromatic heterocycles. The first kappa shape index (κ1) is 30.8. The van der Waals surface area contributed by atoms with Crippen LogP contribution in [0.4, 0.5) is 14.7 Å². The fraction of sp³-hybridized carbons (Fsp3) is 0.400. The van der Waals surface area contributed by atoms with Crippen LogP contribution < -0.4 is 11.1 Å². The van der Waals surface area contributed by atoms with E-state index in [2.05, 4.69) is 15.3 Å². The van der Waals surface area contributed by atoms with Crippen molar-refractivity contribution in [2.75, 3.05) is 11.9 Å². The minimum absolute atomic E-state index is 0.0316. The van der Waals surface area contributed by atoms with Crippen molar-refractivity contribution in [1.29, 1.82) is 0 Å². The number of carbonyl (C=O) groups excluding carboxylic acids is 2. The Kier molecular flexibility index (Phi) is 11.2. The Morgan fingerprint density at radius 3 is 2.27 bits per heavy atom. The van der Waals surface area contributed by atoms with Crippen LogP contribution in [0.15, 0.2) is 48.5 Å². The van der Waals surface area contributed by atoms with Crippen molar-refractivity contribution in [3.8, 4) is 0 Å². The van der Waals surface area contributed by atoms with Gasteiger partial charge >= 0.3 is 0 Å². The number of halogens is 2. The van der Waals surface area contributed by atoms with E-state index in [1.807, 2.05) is 45.0 Å². The Morgan fingerprint density at radius 1 is 0.975 bits per heavy atom. The first-order chi connectivity index (χ1) is 19.0. The second-order valence-corrected chi connectivity index (χ2v) is 10.0. The fourth-order valence-corrected chi connectivity index (χ4v) is 4.45. The molecule has 0 aliphatic carbocycles. The van der Waals surface area contributed by atoms with Crippen molar-refractivity contribution in [3.63, 3.8) is 0 Å². The van der Waals surface area contributed by atoms with Crippen LogP contribution in [-0.2, 0) is 29.0 Å². The van der Waals surface area contributed by atoms with Gasteiger partial charge in [0.2, 0.25) is 17.8 Å². The Morgan fingerprint density at radius 2 is 1.62 bits per heavy atom. The zero-order valence-electron chi connectivity index (χ0n) is 23.2. The Balaban J connectivity index is 1.63. The van der Waals surface area contributed by atoms with Crippen molar-refractivity contribution in [2.45, 2.75) is 71.6 Å². The van der Waals surface area contributed by atoms with Gasteiger partial charge in [-0.1, -0.05) is 31.2 Å². The number of hydrogen-bond donors (Lipinski definition) is 3. The highest BCUT2D eigenvalue weighted by Gasteiger charge is 2.23. The van der Waals surface area contributed by atoms with Crippen LogP contribution in [0.1, 0.15) is 54.3 Å². The second kappa shape index (κ2) is 14.6. The number of hydrogen-bond acceptors (Lipinski definition) is 6. The van der Waals surface area contributed by atoms with E-state index < -0.39 is 23.8 Å². The molecule has 2 amide bonds. The zero-order chi connectivity index (χ0) is 29.2. The van der Waals surface area contributed by atoms with Gasteiger partial charge in [-0.05, 0) is 68.0 Å². The molecule has 3 aromatic rings. The number of nitrogens with zero attached hydrogens (tertiary/aromatic N) is 3. The summed E-state index contributed by atoms with van der Waals surface area (Å²) in [6, 6.07) is 11.9. The van der Waals surface area contributed by atoms with Gasteiger partial charge in [-0.2, -0.15) is 0 Å². The highest BCUT2D eigenvalue weighted by atomic mass is 19.1. The fourth-order valence-electron chi connectivity index (χ4n) is 4.45. The van der Waals surface area contributed by atoms with Crippen LogP contribution in [0.3, 0.4) is 0 Å². The van der Waals surface area contributed by atoms with Gasteiger partial charge in [0.15, 0.2) is 0 Å². The van der Waals surface area contributed by atoms with Gasteiger partial charge in [0.25, 0.3) is 0 Å². The molecule has 0 aliphatic heterocycles. The molecule has 4 N–H and O–H groups in total. The summed E-state index contributed by atoms with van der Waals surface area (Å²) in [6.07, 6.45) is 0.170. The lowest BCUT2D eigenvalue weighted by Gasteiger charge is -2.28. The number of carbonyl (C=O) groups is 2. The summed E-state index contributed by atoms with van der Waals surface area (Å²) in [7, 11) is 0. The Bertz CT molecular complexity index is 1280. The summed E-state index contributed by atoms with van der Waals surface area (Å²) < 4.78 is 27.2. The zero-order valence-corrected chi connectivity index (χ0v) is 23.2. The topological polar surface area (TPSA) is 121 Å². The number of nitrogens with one attached hydrogen (secondary N) is 1. The average molecular weight is 554 g/mol. The van der Waals surface area contributed by atoms with Crippen molar-refractivity contribution in [1.82, 2.24) is 14.9 Å². The van der Waals surface area contributed by atoms with Gasteiger partial charge < -0.3 is 15.7 Å². The van der Waals surface area contributed by atoms with E-state index in [4.69, 9.17) is 5.73 Å². The summed E-state index contributed by atoms with van der Waals surface area (Å²) >= 11 is 0. The van der Waals surface area contributed by atoms with E-state index in [9.17, 15) is 23.5 Å². The molecule has 0 spiro atoms. The number of anilines is 1. The third-order valence-electron chi connectivity index (χ3n) is 6.45. The average Bonchev–Trinajstić information content (AvgIpc) is 2.87. The predicted molar refractivity (Wildman–Crippen MR) is 149 cm³/mol. The number of aliphatic hydroxyl groups excluding tert-OH is 1. The highest BCUT2D eigenvalue weighted by molar-refractivity contribution is 5.89. The molecule has 40 heavy (non-hydrogen) atoms. The van der Waals surface area contributed by atoms with Gasteiger partial charge in [0.1, 0.15) is 11.6 Å². The second-order valence-electron chi connectivity index (χ2n) is 10.0. The van der Waals surface area contributed by atoms with Crippen molar-refractivity contribution in [3.05, 3.63) is 88.2 Å². The van der Waals surface area contributed by atoms with Crippen LogP contribution in [0.5, 0.6) is 0 Å².